The molecule has 0 aliphatic carbocycles. The first-order valence-corrected chi connectivity index (χ1v) is 8.93. The second-order valence-corrected chi connectivity index (χ2v) is 6.24. The van der Waals surface area contributed by atoms with Crippen LogP contribution in [0.3, 0.4) is 0 Å². The van der Waals surface area contributed by atoms with Gasteiger partial charge in [0.15, 0.2) is 11.5 Å². The Morgan fingerprint density at radius 1 is 1.00 bits per heavy atom. The molecule has 3 aromatic rings. The molecule has 0 radical (unpaired) electrons. The van der Waals surface area contributed by atoms with Gasteiger partial charge in [0.25, 0.3) is 0 Å². The minimum atomic E-state index is 0.514. The van der Waals surface area contributed by atoms with Crippen molar-refractivity contribution in [2.45, 2.75) is 13.5 Å². The Balaban J connectivity index is 1.56. The summed E-state index contributed by atoms with van der Waals surface area (Å²) in [7, 11) is 0. The van der Waals surface area contributed by atoms with Gasteiger partial charge in [-0.3, -0.25) is 0 Å². The standard InChI is InChI=1S/C21H21N3O3/c1-16-22-23-21(27-16)15-24(11-5-8-17-6-3-2-4-7-17)18-9-10-19-20(14-18)26-13-12-25-19/h2-10,14H,11-13,15H2,1H3/b8-5+. The predicted molar refractivity (Wildman–Crippen MR) is 103 cm³/mol. The molecule has 1 aliphatic heterocycles. The third-order valence-electron chi connectivity index (χ3n) is 4.22. The molecule has 0 atom stereocenters. The largest absolute Gasteiger partial charge is 0.486 e. The molecule has 4 rings (SSSR count). The summed E-state index contributed by atoms with van der Waals surface area (Å²) < 4.78 is 16.9. The maximum absolute atomic E-state index is 5.72. The van der Waals surface area contributed by atoms with Crippen molar-refractivity contribution in [3.05, 3.63) is 72.0 Å². The number of hydrogen-bond donors (Lipinski definition) is 0. The van der Waals surface area contributed by atoms with Gasteiger partial charge in [0.1, 0.15) is 13.2 Å². The van der Waals surface area contributed by atoms with E-state index in [9.17, 15) is 0 Å². The monoisotopic (exact) mass is 363 g/mol. The molecule has 2 aromatic carbocycles. The second kappa shape index (κ2) is 7.95. The number of aromatic nitrogens is 2. The molecule has 0 N–H and O–H groups in total. The first-order valence-electron chi connectivity index (χ1n) is 8.93. The molecule has 0 saturated heterocycles. The minimum absolute atomic E-state index is 0.514. The second-order valence-electron chi connectivity index (χ2n) is 6.24. The number of nitrogens with zero attached hydrogens (tertiary/aromatic N) is 3. The van der Waals surface area contributed by atoms with Crippen LogP contribution in [0.15, 0.2) is 59.0 Å². The molecule has 0 fully saturated rings. The number of rotatable bonds is 6. The van der Waals surface area contributed by atoms with Crippen LogP contribution in [0.4, 0.5) is 5.69 Å². The van der Waals surface area contributed by atoms with E-state index in [1.54, 1.807) is 6.92 Å². The van der Waals surface area contributed by atoms with Crippen molar-refractivity contribution < 1.29 is 13.9 Å². The average Bonchev–Trinajstić information content (AvgIpc) is 3.12. The SMILES string of the molecule is Cc1nnc(CN(C/C=C/c2ccccc2)c2ccc3c(c2)OCCO3)o1. The van der Waals surface area contributed by atoms with Gasteiger partial charge in [-0.15, -0.1) is 10.2 Å². The predicted octanol–water partition coefficient (Wildman–Crippen LogP) is 3.87. The van der Waals surface area contributed by atoms with E-state index in [4.69, 9.17) is 13.9 Å². The lowest BCUT2D eigenvalue weighted by molar-refractivity contribution is 0.171. The summed E-state index contributed by atoms with van der Waals surface area (Å²) in [5, 5.41) is 8.05. The highest BCUT2D eigenvalue weighted by molar-refractivity contribution is 5.58. The Morgan fingerprint density at radius 3 is 2.59 bits per heavy atom. The van der Waals surface area contributed by atoms with Gasteiger partial charge >= 0.3 is 0 Å². The average molecular weight is 363 g/mol. The first kappa shape index (κ1) is 17.1. The Labute approximate surface area is 158 Å². The summed E-state index contributed by atoms with van der Waals surface area (Å²) in [6.45, 7) is 4.14. The number of aryl methyl sites for hydroxylation is 1. The smallest absolute Gasteiger partial charge is 0.235 e. The Hall–Kier alpha value is -3.28. The minimum Gasteiger partial charge on any atom is -0.486 e. The summed E-state index contributed by atoms with van der Waals surface area (Å²) in [6.07, 6.45) is 4.22. The Morgan fingerprint density at radius 2 is 1.81 bits per heavy atom. The van der Waals surface area contributed by atoms with Crippen molar-refractivity contribution >= 4 is 11.8 Å². The van der Waals surface area contributed by atoms with E-state index in [0.29, 0.717) is 38.1 Å². The van der Waals surface area contributed by atoms with Gasteiger partial charge in [0.2, 0.25) is 11.8 Å². The Bertz CT molecular complexity index is 921. The Kier molecular flexibility index (Phi) is 5.05. The topological polar surface area (TPSA) is 60.6 Å². The number of anilines is 1. The number of ether oxygens (including phenoxy) is 2. The van der Waals surface area contributed by atoms with Crippen LogP contribution >= 0.6 is 0 Å². The molecule has 6 nitrogen and oxygen atoms in total. The summed E-state index contributed by atoms with van der Waals surface area (Å²) >= 11 is 0. The summed E-state index contributed by atoms with van der Waals surface area (Å²) in [6, 6.07) is 16.2. The number of fused-ring (bicyclic) bond motifs is 1. The highest BCUT2D eigenvalue weighted by atomic mass is 16.6. The molecule has 27 heavy (non-hydrogen) atoms. The van der Waals surface area contributed by atoms with E-state index < -0.39 is 0 Å². The maximum atomic E-state index is 5.72. The molecule has 1 aliphatic rings. The lowest BCUT2D eigenvalue weighted by atomic mass is 10.2. The maximum Gasteiger partial charge on any atom is 0.235 e. The quantitative estimate of drug-likeness (QED) is 0.663. The van der Waals surface area contributed by atoms with Crippen molar-refractivity contribution in [3.63, 3.8) is 0 Å². The van der Waals surface area contributed by atoms with E-state index in [-0.39, 0.29) is 0 Å². The van der Waals surface area contributed by atoms with Crippen LogP contribution in [0.2, 0.25) is 0 Å². The molecule has 0 unspecified atom stereocenters. The molecular weight excluding hydrogens is 342 g/mol. The van der Waals surface area contributed by atoms with Crippen LogP contribution < -0.4 is 14.4 Å². The van der Waals surface area contributed by atoms with Crippen LogP contribution in [-0.4, -0.2) is 30.0 Å². The normalized spacial score (nSPS) is 13.1. The van der Waals surface area contributed by atoms with Gasteiger partial charge in [0.05, 0.1) is 6.54 Å². The molecule has 0 spiro atoms. The van der Waals surface area contributed by atoms with Gasteiger partial charge in [-0.05, 0) is 17.7 Å². The zero-order valence-corrected chi connectivity index (χ0v) is 15.2. The van der Waals surface area contributed by atoms with E-state index in [1.807, 2.05) is 36.4 Å². The van der Waals surface area contributed by atoms with Crippen molar-refractivity contribution in [2.24, 2.45) is 0 Å². The third kappa shape index (κ3) is 4.28. The summed E-state index contributed by atoms with van der Waals surface area (Å²) in [4.78, 5) is 2.16. The van der Waals surface area contributed by atoms with Crippen LogP contribution in [-0.2, 0) is 6.54 Å². The van der Waals surface area contributed by atoms with Crippen LogP contribution in [0, 0.1) is 6.92 Å². The number of benzene rings is 2. The van der Waals surface area contributed by atoms with E-state index in [1.165, 1.54) is 0 Å². The zero-order valence-electron chi connectivity index (χ0n) is 15.2. The van der Waals surface area contributed by atoms with Crippen LogP contribution in [0.5, 0.6) is 11.5 Å². The number of hydrogen-bond acceptors (Lipinski definition) is 6. The highest BCUT2D eigenvalue weighted by Gasteiger charge is 2.16. The van der Waals surface area contributed by atoms with Crippen molar-refractivity contribution in [1.82, 2.24) is 10.2 Å². The zero-order chi connectivity index (χ0) is 18.5. The van der Waals surface area contributed by atoms with Gasteiger partial charge in [0, 0.05) is 25.2 Å². The van der Waals surface area contributed by atoms with Gasteiger partial charge in [-0.1, -0.05) is 42.5 Å². The highest BCUT2D eigenvalue weighted by Crippen LogP contribution is 2.34. The van der Waals surface area contributed by atoms with E-state index in [0.717, 1.165) is 22.7 Å². The fourth-order valence-electron chi connectivity index (χ4n) is 2.93. The lowest BCUT2D eigenvalue weighted by Crippen LogP contribution is -2.23. The molecule has 2 heterocycles. The van der Waals surface area contributed by atoms with E-state index >= 15 is 0 Å². The first-order chi connectivity index (χ1) is 13.3. The van der Waals surface area contributed by atoms with Crippen molar-refractivity contribution in [2.75, 3.05) is 24.7 Å². The van der Waals surface area contributed by atoms with Gasteiger partial charge in [-0.2, -0.15) is 0 Å². The molecule has 6 heteroatoms. The van der Waals surface area contributed by atoms with Gasteiger partial charge < -0.3 is 18.8 Å². The summed E-state index contributed by atoms with van der Waals surface area (Å²) in [5.41, 5.74) is 2.17. The fraction of sp³-hybridized carbons (Fsp3) is 0.238. The van der Waals surface area contributed by atoms with E-state index in [2.05, 4.69) is 39.4 Å². The summed E-state index contributed by atoms with van der Waals surface area (Å²) in [5.74, 6) is 2.68. The molecule has 0 saturated carbocycles. The molecule has 138 valence electrons. The van der Waals surface area contributed by atoms with Crippen molar-refractivity contribution in [3.8, 4) is 11.5 Å². The molecular formula is C21H21N3O3. The van der Waals surface area contributed by atoms with Gasteiger partial charge in [-0.25, -0.2) is 0 Å². The molecule has 0 amide bonds. The molecule has 1 aromatic heterocycles. The lowest BCUT2D eigenvalue weighted by Gasteiger charge is -2.25. The van der Waals surface area contributed by atoms with Crippen molar-refractivity contribution in [1.29, 1.82) is 0 Å². The van der Waals surface area contributed by atoms with Crippen LogP contribution in [0.25, 0.3) is 6.08 Å². The van der Waals surface area contributed by atoms with Crippen LogP contribution in [0.1, 0.15) is 17.3 Å². The third-order valence-corrected chi connectivity index (χ3v) is 4.22. The fourth-order valence-corrected chi connectivity index (χ4v) is 2.93. The molecule has 0 bridgehead atoms.